The molecule has 3 heterocycles. The zero-order chi connectivity index (χ0) is 25.1. The molecular weight excluding hydrogens is 457 g/mol. The van der Waals surface area contributed by atoms with E-state index < -0.39 is 12.1 Å². The van der Waals surface area contributed by atoms with Gasteiger partial charge in [0, 0.05) is 61.1 Å². The second-order valence-corrected chi connectivity index (χ2v) is 10.6. The van der Waals surface area contributed by atoms with Crippen LogP contribution in [0.4, 0.5) is 19.0 Å². The molecule has 4 unspecified atom stereocenters. The molecule has 10 heteroatoms. The molecule has 0 aromatic carbocycles. The fourth-order valence-corrected chi connectivity index (χ4v) is 6.34. The van der Waals surface area contributed by atoms with E-state index in [9.17, 15) is 13.2 Å². The van der Waals surface area contributed by atoms with Gasteiger partial charge in [-0.15, -0.1) is 13.2 Å². The molecule has 35 heavy (non-hydrogen) atoms. The topological polar surface area (TPSA) is 72.4 Å². The smallest absolute Gasteiger partial charge is 0.402 e. The van der Waals surface area contributed by atoms with Gasteiger partial charge in [0.2, 0.25) is 0 Å². The van der Waals surface area contributed by atoms with Crippen LogP contribution in [0.3, 0.4) is 0 Å². The van der Waals surface area contributed by atoms with Crippen molar-refractivity contribution in [1.82, 2.24) is 24.6 Å². The highest BCUT2D eigenvalue weighted by Crippen LogP contribution is 2.64. The zero-order valence-corrected chi connectivity index (χ0v) is 20.8. The van der Waals surface area contributed by atoms with Crippen molar-refractivity contribution in [2.45, 2.75) is 70.4 Å². The summed E-state index contributed by atoms with van der Waals surface area (Å²) >= 11 is 0. The summed E-state index contributed by atoms with van der Waals surface area (Å²) in [7, 11) is 2.19. The first-order chi connectivity index (χ1) is 16.6. The van der Waals surface area contributed by atoms with Crippen LogP contribution >= 0.6 is 0 Å². The SMILES string of the molecule is CCC(C)n1nc(-c2cnc(N)c(OC(F)(F)F)c2)cc1C1C2CC(N3CCN(C)CC3C)CC21. The molecule has 0 bridgehead atoms. The third-order valence-corrected chi connectivity index (χ3v) is 8.29. The van der Waals surface area contributed by atoms with Crippen molar-refractivity contribution in [1.29, 1.82) is 0 Å². The maximum Gasteiger partial charge on any atom is 0.573 e. The van der Waals surface area contributed by atoms with E-state index in [1.807, 2.05) is 6.07 Å². The Balaban J connectivity index is 1.36. The molecule has 3 fully saturated rings. The number of pyridine rings is 1. The number of aromatic nitrogens is 3. The highest BCUT2D eigenvalue weighted by atomic mass is 19.4. The third-order valence-electron chi connectivity index (χ3n) is 8.29. The second-order valence-electron chi connectivity index (χ2n) is 10.6. The monoisotopic (exact) mass is 492 g/mol. The zero-order valence-electron chi connectivity index (χ0n) is 20.8. The molecule has 3 aliphatic rings. The van der Waals surface area contributed by atoms with Crippen molar-refractivity contribution in [2.75, 3.05) is 32.4 Å². The number of hydrogen-bond acceptors (Lipinski definition) is 6. The lowest BCUT2D eigenvalue weighted by Gasteiger charge is -2.42. The van der Waals surface area contributed by atoms with Crippen molar-refractivity contribution < 1.29 is 17.9 Å². The van der Waals surface area contributed by atoms with Gasteiger partial charge in [0.1, 0.15) is 0 Å². The number of alkyl halides is 3. The Labute approximate surface area is 204 Å². The van der Waals surface area contributed by atoms with Crippen LogP contribution < -0.4 is 10.5 Å². The lowest BCUT2D eigenvalue weighted by Crippen LogP contribution is -2.54. The molecule has 0 amide bonds. The van der Waals surface area contributed by atoms with E-state index >= 15 is 0 Å². The van der Waals surface area contributed by atoms with Gasteiger partial charge in [-0.05, 0) is 64.1 Å². The molecule has 0 spiro atoms. The van der Waals surface area contributed by atoms with Gasteiger partial charge < -0.3 is 15.4 Å². The van der Waals surface area contributed by atoms with Crippen LogP contribution in [0.1, 0.15) is 57.7 Å². The summed E-state index contributed by atoms with van der Waals surface area (Å²) < 4.78 is 44.5. The number of ether oxygens (including phenoxy) is 1. The minimum absolute atomic E-state index is 0.196. The van der Waals surface area contributed by atoms with Crippen LogP contribution in [0.25, 0.3) is 11.3 Å². The van der Waals surface area contributed by atoms with E-state index in [2.05, 4.69) is 52.0 Å². The molecular formula is C25H35F3N6O. The fourth-order valence-electron chi connectivity index (χ4n) is 6.34. The predicted octanol–water partition coefficient (Wildman–Crippen LogP) is 4.52. The van der Waals surface area contributed by atoms with Gasteiger partial charge >= 0.3 is 6.36 Å². The molecule has 2 saturated carbocycles. The molecule has 2 aliphatic carbocycles. The van der Waals surface area contributed by atoms with Crippen LogP contribution in [-0.4, -0.2) is 69.7 Å². The van der Waals surface area contributed by atoms with Gasteiger partial charge in [0.05, 0.1) is 5.69 Å². The summed E-state index contributed by atoms with van der Waals surface area (Å²) in [6.45, 7) is 9.96. The molecule has 2 aromatic heterocycles. The van der Waals surface area contributed by atoms with Crippen molar-refractivity contribution in [3.63, 3.8) is 0 Å². The first-order valence-electron chi connectivity index (χ1n) is 12.6. The number of fused-ring (bicyclic) bond motifs is 1. The number of nitrogen functional groups attached to an aromatic ring is 1. The summed E-state index contributed by atoms with van der Waals surface area (Å²) in [5.41, 5.74) is 7.88. The van der Waals surface area contributed by atoms with Crippen molar-refractivity contribution in [2.24, 2.45) is 11.8 Å². The van der Waals surface area contributed by atoms with E-state index in [0.717, 1.165) is 26.1 Å². The summed E-state index contributed by atoms with van der Waals surface area (Å²) in [5, 5.41) is 4.82. The van der Waals surface area contributed by atoms with Crippen molar-refractivity contribution in [3.8, 4) is 17.0 Å². The van der Waals surface area contributed by atoms with Gasteiger partial charge in [-0.1, -0.05) is 6.92 Å². The van der Waals surface area contributed by atoms with Gasteiger partial charge in [0.15, 0.2) is 11.6 Å². The molecule has 192 valence electrons. The predicted molar refractivity (Wildman–Crippen MR) is 128 cm³/mol. The normalized spacial score (nSPS) is 30.3. The Hall–Kier alpha value is -2.33. The number of rotatable bonds is 6. The Kier molecular flexibility index (Phi) is 6.24. The minimum atomic E-state index is -4.83. The maximum atomic E-state index is 12.8. The van der Waals surface area contributed by atoms with Crippen LogP contribution in [-0.2, 0) is 0 Å². The van der Waals surface area contributed by atoms with E-state index in [4.69, 9.17) is 10.8 Å². The highest BCUT2D eigenvalue weighted by molar-refractivity contribution is 5.64. The molecule has 1 saturated heterocycles. The average molecular weight is 493 g/mol. The number of hydrogen-bond donors (Lipinski definition) is 1. The first-order valence-corrected chi connectivity index (χ1v) is 12.6. The highest BCUT2D eigenvalue weighted by Gasteiger charge is 2.59. The average Bonchev–Trinajstić information content (AvgIpc) is 3.13. The van der Waals surface area contributed by atoms with Crippen molar-refractivity contribution in [3.05, 3.63) is 24.0 Å². The molecule has 4 atom stereocenters. The molecule has 2 N–H and O–H groups in total. The largest absolute Gasteiger partial charge is 0.573 e. The van der Waals surface area contributed by atoms with Gasteiger partial charge in [-0.2, -0.15) is 5.10 Å². The van der Waals surface area contributed by atoms with E-state index in [1.54, 1.807) is 0 Å². The van der Waals surface area contributed by atoms with Crippen LogP contribution in [0.5, 0.6) is 5.75 Å². The quantitative estimate of drug-likeness (QED) is 0.639. The summed E-state index contributed by atoms with van der Waals surface area (Å²) in [6.07, 6.45) is -0.0437. The number of halogens is 3. The standard InChI is InChI=1S/C25H35F3N6O/c1-5-14(2)34-21(11-20(31-34)16-8-22(24(29)30-12-16)35-25(26,27)28)23-18-9-17(10-19(18)23)33-7-6-32(4)13-15(33)3/h8,11-12,14-15,17-19,23H,5-7,9-10,13H2,1-4H3,(H2,29,30). The van der Waals surface area contributed by atoms with E-state index in [1.165, 1.54) is 30.8 Å². The molecule has 1 aliphatic heterocycles. The molecule has 7 nitrogen and oxygen atoms in total. The Bertz CT molecular complexity index is 1060. The number of nitrogens with two attached hydrogens (primary N) is 1. The molecule has 2 aromatic rings. The van der Waals surface area contributed by atoms with E-state index in [-0.39, 0.29) is 11.9 Å². The summed E-state index contributed by atoms with van der Waals surface area (Å²) in [6, 6.07) is 4.74. The molecule has 5 rings (SSSR count). The Morgan fingerprint density at radius 2 is 1.91 bits per heavy atom. The fraction of sp³-hybridized carbons (Fsp3) is 0.680. The maximum absolute atomic E-state index is 12.8. The summed E-state index contributed by atoms with van der Waals surface area (Å²) in [5.74, 6) is 0.952. The minimum Gasteiger partial charge on any atom is -0.402 e. The number of piperazine rings is 1. The summed E-state index contributed by atoms with van der Waals surface area (Å²) in [4.78, 5) is 9.03. The first kappa shape index (κ1) is 24.4. The van der Waals surface area contributed by atoms with Gasteiger partial charge in [0.25, 0.3) is 0 Å². The molecule has 0 radical (unpaired) electrons. The number of nitrogens with zero attached hydrogens (tertiary/aromatic N) is 5. The van der Waals surface area contributed by atoms with E-state index in [0.29, 0.717) is 41.1 Å². The van der Waals surface area contributed by atoms with Crippen LogP contribution in [0.2, 0.25) is 0 Å². The number of likely N-dealkylation sites (N-methyl/N-ethyl adjacent to an activating group) is 1. The Morgan fingerprint density at radius 3 is 2.54 bits per heavy atom. The van der Waals surface area contributed by atoms with Crippen molar-refractivity contribution >= 4 is 5.82 Å². The second kappa shape index (κ2) is 8.96. The number of anilines is 1. The van der Waals surface area contributed by atoms with Crippen LogP contribution in [0, 0.1) is 11.8 Å². The van der Waals surface area contributed by atoms with Crippen LogP contribution in [0.15, 0.2) is 18.3 Å². The Morgan fingerprint density at radius 1 is 1.20 bits per heavy atom. The lowest BCUT2D eigenvalue weighted by atomic mass is 10.00. The lowest BCUT2D eigenvalue weighted by molar-refractivity contribution is -0.274. The van der Waals surface area contributed by atoms with Gasteiger partial charge in [-0.3, -0.25) is 9.58 Å². The third kappa shape index (κ3) is 4.74. The van der Waals surface area contributed by atoms with Gasteiger partial charge in [-0.25, -0.2) is 4.98 Å².